The minimum absolute atomic E-state index is 1.07. The van der Waals surface area contributed by atoms with Gasteiger partial charge in [-0.1, -0.05) is 0 Å². The van der Waals surface area contributed by atoms with E-state index in [4.69, 9.17) is 36.4 Å². The van der Waals surface area contributed by atoms with Crippen molar-refractivity contribution in [3.63, 3.8) is 0 Å². The zero-order valence-corrected chi connectivity index (χ0v) is 7.33. The summed E-state index contributed by atoms with van der Waals surface area (Å²) < 4.78 is 0. The molecule has 0 rings (SSSR count). The van der Waals surface area contributed by atoms with Crippen molar-refractivity contribution >= 4 is 10.1 Å². The monoisotopic (exact) mass is 221 g/mol. The van der Waals surface area contributed by atoms with Crippen molar-refractivity contribution < 1.29 is 9.82 Å². The van der Waals surface area contributed by atoms with E-state index < -0.39 is 9.82 Å². The Bertz CT molecular complexity index is 352. The Morgan fingerprint density at radius 2 is 0.833 bits per heavy atom. The Balaban J connectivity index is 6.52. The number of halogens is 1. The van der Waals surface area contributed by atoms with Gasteiger partial charge in [-0.05, 0) is 0 Å². The average Bonchev–Trinajstić information content (AvgIpc) is 2.19. The first-order valence-electron chi connectivity index (χ1n) is 2.14. The number of nitriles is 5. The number of nitrogens with zero attached hydrogens (tertiary/aromatic N) is 5. The molecule has 0 radical (unpaired) electrons. The molecule has 0 heterocycles. The van der Waals surface area contributed by atoms with Gasteiger partial charge in [0.2, 0.25) is 0 Å². The summed E-state index contributed by atoms with van der Waals surface area (Å²) in [6, 6.07) is 0. The summed E-state index contributed by atoms with van der Waals surface area (Å²) in [4.78, 5) is 5.35. The van der Waals surface area contributed by atoms with Crippen molar-refractivity contribution in [2.24, 2.45) is 0 Å². The third-order valence-electron chi connectivity index (χ3n) is 0.940. The van der Waals surface area contributed by atoms with Crippen LogP contribution < -0.4 is 0 Å². The molecule has 12 heavy (non-hydrogen) atoms. The average molecular weight is 221 g/mol. The fourth-order valence-corrected chi connectivity index (χ4v) is 0.729. The summed E-state index contributed by atoms with van der Waals surface area (Å²) in [5.74, 6) is 0. The second-order valence-corrected chi connectivity index (χ2v) is 9.41. The minimum atomic E-state index is -5.96. The van der Waals surface area contributed by atoms with Crippen LogP contribution in [0.15, 0.2) is 0 Å². The molecule has 0 aliphatic carbocycles. The molecular weight excluding hydrogens is 221 g/mol. The summed E-state index contributed by atoms with van der Waals surface area (Å²) in [6.45, 7) is 0. The van der Waals surface area contributed by atoms with Gasteiger partial charge in [0, 0.05) is 0 Å². The number of hydrogen-bond acceptors (Lipinski definition) is 5. The molecule has 0 aromatic rings. The molecule has 5 nitrogen and oxygen atoms in total. The van der Waals surface area contributed by atoms with Crippen molar-refractivity contribution in [3.8, 4) is 24.8 Å². The molecule has 0 aromatic heterocycles. The zero-order chi connectivity index (χ0) is 9.94. The molecular formula is C5ClFeN5. The van der Waals surface area contributed by atoms with E-state index in [1.165, 1.54) is 0 Å². The fourth-order valence-electron chi connectivity index (χ4n) is 0.177. The standard InChI is InChI=1S/5CN.ClH.Fe/c5*1-2;;/h;;;;;1H;/q;;;;;;+1/p-1. The summed E-state index contributed by atoms with van der Waals surface area (Å²) >= 11 is 0. The van der Waals surface area contributed by atoms with Crippen LogP contribution in [0.2, 0.25) is 0 Å². The van der Waals surface area contributed by atoms with Crippen LogP contribution in [-0.4, -0.2) is 0 Å². The molecule has 7 heteroatoms. The Morgan fingerprint density at radius 3 is 0.833 bits per heavy atom. The maximum absolute atomic E-state index is 8.48. The Kier molecular flexibility index (Phi) is 1.62. The van der Waals surface area contributed by atoms with E-state index in [0.29, 0.717) is 0 Å². The van der Waals surface area contributed by atoms with Gasteiger partial charge in [-0.2, -0.15) is 0 Å². The summed E-state index contributed by atoms with van der Waals surface area (Å²) in [7, 11) is -0.640. The quantitative estimate of drug-likeness (QED) is 0.559. The number of rotatable bonds is 0. The molecule has 0 saturated heterocycles. The molecule has 0 atom stereocenters. The van der Waals surface area contributed by atoms with Gasteiger partial charge < -0.3 is 0 Å². The third-order valence-corrected chi connectivity index (χ3v) is 5.11. The predicted octanol–water partition coefficient (Wildman–Crippen LogP) is 0.771. The topological polar surface area (TPSA) is 119 Å². The van der Waals surface area contributed by atoms with Crippen molar-refractivity contribution in [2.75, 3.05) is 0 Å². The van der Waals surface area contributed by atoms with Crippen LogP contribution in [0.1, 0.15) is 0 Å². The Morgan fingerprint density at radius 1 is 0.667 bits per heavy atom. The summed E-state index contributed by atoms with van der Waals surface area (Å²) in [5, 5.41) is 42.4. The molecule has 0 spiro atoms. The molecule has 0 unspecified atom stereocenters. The second kappa shape index (κ2) is 1.89. The summed E-state index contributed by atoms with van der Waals surface area (Å²) in [5.41, 5.74) is 0. The third kappa shape index (κ3) is 0.805. The Hall–Kier alpha value is -1.74. The van der Waals surface area contributed by atoms with Gasteiger partial charge in [-0.15, -0.1) is 0 Å². The first kappa shape index (κ1) is 10.3. The van der Waals surface area contributed by atoms with Crippen molar-refractivity contribution in [1.29, 1.82) is 26.3 Å². The molecule has 0 bridgehead atoms. The van der Waals surface area contributed by atoms with Gasteiger partial charge in [-0.3, -0.25) is 0 Å². The van der Waals surface area contributed by atoms with Gasteiger partial charge >= 0.3 is 71.1 Å². The number of hydrogen-bond donors (Lipinski definition) is 0. The molecule has 0 aliphatic rings. The van der Waals surface area contributed by atoms with Crippen LogP contribution in [0.5, 0.6) is 0 Å². The molecule has 0 aliphatic heterocycles. The van der Waals surface area contributed by atoms with E-state index in [1.807, 2.05) is 0 Å². The SMILES string of the molecule is N#[C][Fe]([Cl])([C]#N)([C]#N)([C]#N)[C]#N. The van der Waals surface area contributed by atoms with Crippen LogP contribution in [-0.2, 0) is 9.82 Å². The molecule has 0 N–H and O–H groups in total. The maximum atomic E-state index is 8.48. The van der Waals surface area contributed by atoms with E-state index in [9.17, 15) is 0 Å². The molecule has 0 amide bonds. The molecule has 60 valence electrons. The first-order chi connectivity index (χ1) is 5.39. The van der Waals surface area contributed by atoms with Crippen molar-refractivity contribution in [3.05, 3.63) is 0 Å². The van der Waals surface area contributed by atoms with Crippen molar-refractivity contribution in [2.45, 2.75) is 0 Å². The van der Waals surface area contributed by atoms with Gasteiger partial charge in [0.25, 0.3) is 0 Å². The molecule has 0 fully saturated rings. The van der Waals surface area contributed by atoms with Gasteiger partial charge in [0.1, 0.15) is 0 Å². The molecule has 0 aromatic carbocycles. The van der Waals surface area contributed by atoms with Crippen LogP contribution in [0, 0.1) is 51.1 Å². The van der Waals surface area contributed by atoms with Crippen LogP contribution in [0.25, 0.3) is 0 Å². The van der Waals surface area contributed by atoms with E-state index in [1.54, 1.807) is 0 Å². The summed E-state index contributed by atoms with van der Waals surface area (Å²) in [6.07, 6.45) is 0. The molecule has 0 saturated carbocycles. The van der Waals surface area contributed by atoms with Crippen LogP contribution >= 0.6 is 10.1 Å². The van der Waals surface area contributed by atoms with Crippen LogP contribution in [0.4, 0.5) is 0 Å². The van der Waals surface area contributed by atoms with E-state index in [-0.39, 0.29) is 0 Å². The second-order valence-electron chi connectivity index (χ2n) is 1.61. The Labute approximate surface area is 71.4 Å². The fraction of sp³-hybridized carbons (Fsp3) is 0. The zero-order valence-electron chi connectivity index (χ0n) is 5.47. The van der Waals surface area contributed by atoms with Gasteiger partial charge in [-0.25, -0.2) is 0 Å². The van der Waals surface area contributed by atoms with Crippen LogP contribution in [0.3, 0.4) is 0 Å². The van der Waals surface area contributed by atoms with Crippen molar-refractivity contribution in [1.82, 2.24) is 0 Å². The van der Waals surface area contributed by atoms with E-state index in [0.717, 1.165) is 24.8 Å². The van der Waals surface area contributed by atoms with Gasteiger partial charge in [0.15, 0.2) is 0 Å². The van der Waals surface area contributed by atoms with E-state index in [2.05, 4.69) is 0 Å². The van der Waals surface area contributed by atoms with E-state index >= 15 is 0 Å². The first-order valence-corrected chi connectivity index (χ1v) is 6.42. The normalized spacial score (nSPS) is 14.3. The predicted molar refractivity (Wildman–Crippen MR) is 33.9 cm³/mol. The van der Waals surface area contributed by atoms with Gasteiger partial charge in [0.05, 0.1) is 0 Å².